The van der Waals surface area contributed by atoms with E-state index in [4.69, 9.17) is 9.47 Å². The standard InChI is InChI=1S/C16H22N2O4/c1-11(19)18(9-8-16(20)17-12-4-5-12)14-10-13(21-2)6-7-15(14)22-3/h6-7,10,12H,4-5,8-9H2,1-3H3,(H,17,20). The third-order valence-electron chi connectivity index (χ3n) is 3.56. The molecule has 0 unspecified atom stereocenters. The van der Waals surface area contributed by atoms with Crippen molar-refractivity contribution in [3.8, 4) is 11.5 Å². The fourth-order valence-corrected chi connectivity index (χ4v) is 2.20. The Morgan fingerprint density at radius 2 is 2.00 bits per heavy atom. The molecule has 1 saturated carbocycles. The van der Waals surface area contributed by atoms with Crippen LogP contribution in [0.4, 0.5) is 5.69 Å². The molecule has 22 heavy (non-hydrogen) atoms. The van der Waals surface area contributed by atoms with Crippen LogP contribution in [0, 0.1) is 0 Å². The highest BCUT2D eigenvalue weighted by atomic mass is 16.5. The van der Waals surface area contributed by atoms with Crippen molar-refractivity contribution >= 4 is 17.5 Å². The molecule has 0 aromatic heterocycles. The van der Waals surface area contributed by atoms with Crippen molar-refractivity contribution in [1.29, 1.82) is 0 Å². The van der Waals surface area contributed by atoms with Gasteiger partial charge in [-0.2, -0.15) is 0 Å². The molecule has 0 saturated heterocycles. The first-order valence-electron chi connectivity index (χ1n) is 7.34. The largest absolute Gasteiger partial charge is 0.497 e. The highest BCUT2D eigenvalue weighted by Gasteiger charge is 2.24. The molecule has 6 nitrogen and oxygen atoms in total. The predicted octanol–water partition coefficient (Wildman–Crippen LogP) is 1.73. The minimum Gasteiger partial charge on any atom is -0.497 e. The third-order valence-corrected chi connectivity index (χ3v) is 3.56. The summed E-state index contributed by atoms with van der Waals surface area (Å²) < 4.78 is 10.5. The highest BCUT2D eigenvalue weighted by molar-refractivity contribution is 5.94. The maximum Gasteiger partial charge on any atom is 0.223 e. The first-order valence-corrected chi connectivity index (χ1v) is 7.34. The minimum absolute atomic E-state index is 0.0318. The summed E-state index contributed by atoms with van der Waals surface area (Å²) in [4.78, 5) is 25.3. The zero-order chi connectivity index (χ0) is 16.1. The van der Waals surface area contributed by atoms with Crippen LogP contribution < -0.4 is 19.7 Å². The van der Waals surface area contributed by atoms with Gasteiger partial charge in [0.05, 0.1) is 19.9 Å². The fourth-order valence-electron chi connectivity index (χ4n) is 2.20. The Hall–Kier alpha value is -2.24. The number of carbonyl (C=O) groups is 2. The summed E-state index contributed by atoms with van der Waals surface area (Å²) in [5.41, 5.74) is 0.605. The Kier molecular flexibility index (Phi) is 5.25. The number of carbonyl (C=O) groups excluding carboxylic acids is 2. The molecule has 120 valence electrons. The molecule has 6 heteroatoms. The molecule has 1 N–H and O–H groups in total. The Bertz CT molecular complexity index is 555. The van der Waals surface area contributed by atoms with Gasteiger partial charge in [-0.25, -0.2) is 0 Å². The van der Waals surface area contributed by atoms with Crippen LogP contribution in [0.1, 0.15) is 26.2 Å². The third kappa shape index (κ3) is 4.13. The van der Waals surface area contributed by atoms with E-state index < -0.39 is 0 Å². The van der Waals surface area contributed by atoms with Crippen LogP contribution in [0.2, 0.25) is 0 Å². The van der Waals surface area contributed by atoms with Crippen molar-refractivity contribution in [3.05, 3.63) is 18.2 Å². The summed E-state index contributed by atoms with van der Waals surface area (Å²) in [6.45, 7) is 1.77. The Morgan fingerprint density at radius 1 is 1.27 bits per heavy atom. The van der Waals surface area contributed by atoms with E-state index in [1.165, 1.54) is 11.8 Å². The SMILES string of the molecule is COc1ccc(OC)c(N(CCC(=O)NC2CC2)C(C)=O)c1. The van der Waals surface area contributed by atoms with Gasteiger partial charge in [0.2, 0.25) is 11.8 Å². The molecular formula is C16H22N2O4. The number of rotatable bonds is 7. The van der Waals surface area contributed by atoms with E-state index in [-0.39, 0.29) is 18.2 Å². The molecule has 0 bridgehead atoms. The molecule has 1 fully saturated rings. The van der Waals surface area contributed by atoms with Crippen molar-refractivity contribution in [2.75, 3.05) is 25.7 Å². The fraction of sp³-hybridized carbons (Fsp3) is 0.500. The number of benzene rings is 1. The summed E-state index contributed by atoms with van der Waals surface area (Å²) >= 11 is 0. The molecule has 0 aliphatic heterocycles. The zero-order valence-electron chi connectivity index (χ0n) is 13.2. The van der Waals surface area contributed by atoms with E-state index in [1.54, 1.807) is 32.4 Å². The number of anilines is 1. The quantitative estimate of drug-likeness (QED) is 0.833. The average Bonchev–Trinajstić information content (AvgIpc) is 3.30. The number of nitrogens with zero attached hydrogens (tertiary/aromatic N) is 1. The molecule has 1 aliphatic rings. The van der Waals surface area contributed by atoms with E-state index in [0.717, 1.165) is 12.8 Å². The topological polar surface area (TPSA) is 67.9 Å². The number of amides is 2. The van der Waals surface area contributed by atoms with Gasteiger partial charge in [0.25, 0.3) is 0 Å². The van der Waals surface area contributed by atoms with Crippen LogP contribution in [0.15, 0.2) is 18.2 Å². The van der Waals surface area contributed by atoms with Gasteiger partial charge in [-0.1, -0.05) is 0 Å². The van der Waals surface area contributed by atoms with E-state index in [9.17, 15) is 9.59 Å². The molecule has 2 rings (SSSR count). The maximum absolute atomic E-state index is 12.0. The first-order chi connectivity index (χ1) is 10.5. The Morgan fingerprint density at radius 3 is 2.55 bits per heavy atom. The molecule has 1 aromatic rings. The van der Waals surface area contributed by atoms with Gasteiger partial charge in [-0.15, -0.1) is 0 Å². The molecule has 0 atom stereocenters. The lowest BCUT2D eigenvalue weighted by Crippen LogP contribution is -2.34. The van der Waals surface area contributed by atoms with Crippen molar-refractivity contribution in [2.45, 2.75) is 32.2 Å². The zero-order valence-corrected chi connectivity index (χ0v) is 13.2. The van der Waals surface area contributed by atoms with Gasteiger partial charge in [-0.05, 0) is 25.0 Å². The van der Waals surface area contributed by atoms with Crippen LogP contribution >= 0.6 is 0 Å². The van der Waals surface area contributed by atoms with E-state index in [1.807, 2.05) is 0 Å². The molecule has 1 aromatic carbocycles. The maximum atomic E-state index is 12.0. The van der Waals surface area contributed by atoms with Crippen LogP contribution in [0.5, 0.6) is 11.5 Å². The van der Waals surface area contributed by atoms with Gasteiger partial charge >= 0.3 is 0 Å². The van der Waals surface area contributed by atoms with Gasteiger partial charge in [0.1, 0.15) is 11.5 Å². The second-order valence-corrected chi connectivity index (χ2v) is 5.30. The Labute approximate surface area is 130 Å². The predicted molar refractivity (Wildman–Crippen MR) is 83.4 cm³/mol. The molecule has 0 spiro atoms. The van der Waals surface area contributed by atoms with Crippen molar-refractivity contribution in [3.63, 3.8) is 0 Å². The number of nitrogens with one attached hydrogen (secondary N) is 1. The second kappa shape index (κ2) is 7.15. The monoisotopic (exact) mass is 306 g/mol. The van der Waals surface area contributed by atoms with Crippen molar-refractivity contribution in [1.82, 2.24) is 5.32 Å². The highest BCUT2D eigenvalue weighted by Crippen LogP contribution is 2.32. The van der Waals surface area contributed by atoms with Crippen LogP contribution in [-0.2, 0) is 9.59 Å². The van der Waals surface area contributed by atoms with Crippen LogP contribution in [0.3, 0.4) is 0 Å². The molecule has 0 heterocycles. The smallest absolute Gasteiger partial charge is 0.223 e. The molecule has 0 radical (unpaired) electrons. The number of hydrogen-bond acceptors (Lipinski definition) is 4. The molecule has 1 aliphatic carbocycles. The van der Waals surface area contributed by atoms with Gasteiger partial charge in [-0.3, -0.25) is 9.59 Å². The minimum atomic E-state index is -0.147. The van der Waals surface area contributed by atoms with Gasteiger partial charge < -0.3 is 19.7 Å². The van der Waals surface area contributed by atoms with Gasteiger partial charge in [0, 0.05) is 32.0 Å². The normalized spacial score (nSPS) is 13.4. The number of hydrogen-bond donors (Lipinski definition) is 1. The number of ether oxygens (including phenoxy) is 2. The van der Waals surface area contributed by atoms with E-state index >= 15 is 0 Å². The summed E-state index contributed by atoms with van der Waals surface area (Å²) in [5.74, 6) is 1.02. The van der Waals surface area contributed by atoms with Crippen molar-refractivity contribution in [2.24, 2.45) is 0 Å². The van der Waals surface area contributed by atoms with Crippen molar-refractivity contribution < 1.29 is 19.1 Å². The van der Waals surface area contributed by atoms with Crippen LogP contribution in [0.25, 0.3) is 0 Å². The lowest BCUT2D eigenvalue weighted by atomic mass is 10.2. The summed E-state index contributed by atoms with van der Waals surface area (Å²) in [6, 6.07) is 5.57. The van der Waals surface area contributed by atoms with E-state index in [2.05, 4.69) is 5.32 Å². The second-order valence-electron chi connectivity index (χ2n) is 5.30. The lowest BCUT2D eigenvalue weighted by Gasteiger charge is -2.23. The Balaban J connectivity index is 2.12. The molecular weight excluding hydrogens is 284 g/mol. The summed E-state index contributed by atoms with van der Waals surface area (Å²) in [7, 11) is 3.11. The average molecular weight is 306 g/mol. The first kappa shape index (κ1) is 16.1. The molecule has 2 amide bonds. The summed E-state index contributed by atoms with van der Waals surface area (Å²) in [5, 5.41) is 2.92. The number of methoxy groups -OCH3 is 2. The van der Waals surface area contributed by atoms with Gasteiger partial charge in [0.15, 0.2) is 0 Å². The van der Waals surface area contributed by atoms with Crippen LogP contribution in [-0.4, -0.2) is 38.6 Å². The lowest BCUT2D eigenvalue weighted by molar-refractivity contribution is -0.121. The summed E-state index contributed by atoms with van der Waals surface area (Å²) in [6.07, 6.45) is 2.36. The van der Waals surface area contributed by atoms with E-state index in [0.29, 0.717) is 29.8 Å².